The Labute approximate surface area is 189 Å². The fourth-order valence-electron chi connectivity index (χ4n) is 6.11. The van der Waals surface area contributed by atoms with Gasteiger partial charge in [0.1, 0.15) is 6.04 Å². The monoisotopic (exact) mass is 439 g/mol. The number of piperidine rings is 1. The Balaban J connectivity index is 1.17. The number of nitrogens with one attached hydrogen (secondary N) is 2. The van der Waals surface area contributed by atoms with Gasteiger partial charge in [-0.3, -0.25) is 19.7 Å². The van der Waals surface area contributed by atoms with Gasteiger partial charge in [0.25, 0.3) is 5.91 Å². The summed E-state index contributed by atoms with van der Waals surface area (Å²) in [6.45, 7) is 6.50. The Hall–Kier alpha value is -2.25. The number of hydrogen-bond donors (Lipinski definition) is 2. The molecule has 172 valence electrons. The van der Waals surface area contributed by atoms with E-state index in [1.54, 1.807) is 4.90 Å². The minimum Gasteiger partial charge on any atom is -0.375 e. The molecule has 4 aliphatic rings. The van der Waals surface area contributed by atoms with Gasteiger partial charge in [0.2, 0.25) is 11.8 Å². The summed E-state index contributed by atoms with van der Waals surface area (Å²) in [5.41, 5.74) is 3.18. The van der Waals surface area contributed by atoms with Crippen molar-refractivity contribution in [2.75, 3.05) is 6.61 Å². The first-order valence-electron chi connectivity index (χ1n) is 11.9. The molecule has 1 saturated carbocycles. The molecule has 0 bridgehead atoms. The maximum absolute atomic E-state index is 12.8. The smallest absolute Gasteiger partial charge is 0.255 e. The van der Waals surface area contributed by atoms with Gasteiger partial charge < -0.3 is 15.0 Å². The van der Waals surface area contributed by atoms with Gasteiger partial charge in [-0.2, -0.15) is 0 Å². The summed E-state index contributed by atoms with van der Waals surface area (Å²) in [4.78, 5) is 38.1. The number of fused-ring (bicyclic) bond motifs is 1. The van der Waals surface area contributed by atoms with Gasteiger partial charge in [0, 0.05) is 31.1 Å². The van der Waals surface area contributed by atoms with Crippen LogP contribution in [0.4, 0.5) is 0 Å². The number of carbonyl (C=O) groups is 3. The van der Waals surface area contributed by atoms with Gasteiger partial charge in [-0.05, 0) is 75.0 Å². The normalized spacial score (nSPS) is 31.8. The van der Waals surface area contributed by atoms with Crippen LogP contribution in [0.25, 0.3) is 0 Å². The Morgan fingerprint density at radius 2 is 1.94 bits per heavy atom. The van der Waals surface area contributed by atoms with Crippen molar-refractivity contribution >= 4 is 17.7 Å². The lowest BCUT2D eigenvalue weighted by Crippen LogP contribution is -2.52. The van der Waals surface area contributed by atoms with Gasteiger partial charge in [-0.15, -0.1) is 0 Å². The number of carbonyl (C=O) groups excluding carboxylic acids is 3. The minimum absolute atomic E-state index is 0.0177. The summed E-state index contributed by atoms with van der Waals surface area (Å²) in [7, 11) is 0. The van der Waals surface area contributed by atoms with Crippen molar-refractivity contribution in [3.8, 4) is 0 Å². The summed E-state index contributed by atoms with van der Waals surface area (Å²) in [6, 6.07) is 5.93. The fraction of sp³-hybridized carbons (Fsp3) is 0.640. The van der Waals surface area contributed by atoms with Gasteiger partial charge in [0.05, 0.1) is 12.2 Å². The Bertz CT molecular complexity index is 949. The summed E-state index contributed by atoms with van der Waals surface area (Å²) < 4.78 is 6.02. The van der Waals surface area contributed by atoms with Crippen LogP contribution in [0.3, 0.4) is 0 Å². The van der Waals surface area contributed by atoms with E-state index < -0.39 is 6.04 Å². The predicted molar refractivity (Wildman–Crippen MR) is 119 cm³/mol. The topological polar surface area (TPSA) is 87.7 Å². The molecule has 1 atom stereocenters. The Morgan fingerprint density at radius 1 is 1.16 bits per heavy atom. The maximum Gasteiger partial charge on any atom is 0.255 e. The first kappa shape index (κ1) is 21.6. The molecule has 2 N–H and O–H groups in total. The number of imide groups is 1. The van der Waals surface area contributed by atoms with E-state index in [1.807, 2.05) is 12.1 Å². The van der Waals surface area contributed by atoms with E-state index >= 15 is 0 Å². The van der Waals surface area contributed by atoms with Gasteiger partial charge in [-0.25, -0.2) is 0 Å². The van der Waals surface area contributed by atoms with E-state index in [-0.39, 0.29) is 29.7 Å². The van der Waals surface area contributed by atoms with Crippen LogP contribution in [0.5, 0.6) is 0 Å². The van der Waals surface area contributed by atoms with Crippen molar-refractivity contribution < 1.29 is 19.1 Å². The summed E-state index contributed by atoms with van der Waals surface area (Å²) in [6.07, 6.45) is 6.61. The van der Waals surface area contributed by atoms with Crippen LogP contribution >= 0.6 is 0 Å². The number of hydrogen-bond acceptors (Lipinski definition) is 5. The molecule has 5 rings (SSSR count). The fourth-order valence-corrected chi connectivity index (χ4v) is 6.11. The van der Waals surface area contributed by atoms with Gasteiger partial charge in [-0.1, -0.05) is 12.1 Å². The van der Waals surface area contributed by atoms with E-state index in [1.165, 1.54) is 25.7 Å². The Morgan fingerprint density at radius 3 is 2.62 bits per heavy atom. The molecule has 3 amide bonds. The van der Waals surface area contributed by atoms with Crippen LogP contribution in [0.2, 0.25) is 0 Å². The molecular formula is C25H33N3O4. The predicted octanol–water partition coefficient (Wildman–Crippen LogP) is 2.67. The van der Waals surface area contributed by atoms with Crippen molar-refractivity contribution in [3.05, 3.63) is 34.9 Å². The van der Waals surface area contributed by atoms with Crippen LogP contribution < -0.4 is 10.6 Å². The number of ether oxygens (including phenoxy) is 1. The van der Waals surface area contributed by atoms with Crippen molar-refractivity contribution in [2.24, 2.45) is 5.41 Å². The molecule has 1 aromatic carbocycles. The lowest BCUT2D eigenvalue weighted by atomic mass is 9.70. The van der Waals surface area contributed by atoms with Crippen molar-refractivity contribution in [3.63, 3.8) is 0 Å². The van der Waals surface area contributed by atoms with Crippen LogP contribution in [0.15, 0.2) is 18.2 Å². The average Bonchev–Trinajstić information content (AvgIpc) is 3.23. The third-order valence-corrected chi connectivity index (χ3v) is 7.80. The van der Waals surface area contributed by atoms with Crippen molar-refractivity contribution in [1.29, 1.82) is 0 Å². The van der Waals surface area contributed by atoms with E-state index in [4.69, 9.17) is 4.74 Å². The quantitative estimate of drug-likeness (QED) is 0.705. The molecule has 1 aliphatic carbocycles. The summed E-state index contributed by atoms with van der Waals surface area (Å²) >= 11 is 0. The molecule has 7 nitrogen and oxygen atoms in total. The highest BCUT2D eigenvalue weighted by Crippen LogP contribution is 2.48. The highest BCUT2D eigenvalue weighted by Gasteiger charge is 2.46. The number of nitrogens with zero attached hydrogens (tertiary/aromatic N) is 1. The molecule has 1 unspecified atom stereocenters. The lowest BCUT2D eigenvalue weighted by Gasteiger charge is -2.37. The first-order chi connectivity index (χ1) is 15.2. The van der Waals surface area contributed by atoms with Crippen LogP contribution in [0.1, 0.15) is 80.3 Å². The van der Waals surface area contributed by atoms with E-state index in [9.17, 15) is 14.4 Å². The number of amides is 3. The molecular weight excluding hydrogens is 406 g/mol. The van der Waals surface area contributed by atoms with Crippen LogP contribution in [-0.4, -0.2) is 46.9 Å². The first-order valence-corrected chi connectivity index (χ1v) is 11.9. The molecule has 7 heteroatoms. The lowest BCUT2D eigenvalue weighted by molar-refractivity contribution is -0.136. The third-order valence-electron chi connectivity index (χ3n) is 7.80. The second kappa shape index (κ2) is 7.96. The number of benzene rings is 1. The second-order valence-electron chi connectivity index (χ2n) is 10.8. The van der Waals surface area contributed by atoms with Crippen LogP contribution in [-0.2, 0) is 27.4 Å². The molecule has 3 aliphatic heterocycles. The average molecular weight is 440 g/mol. The second-order valence-corrected chi connectivity index (χ2v) is 10.8. The molecule has 0 aromatic heterocycles. The van der Waals surface area contributed by atoms with Gasteiger partial charge in [0.15, 0.2) is 0 Å². The highest BCUT2D eigenvalue weighted by atomic mass is 16.5. The molecule has 2 saturated heterocycles. The van der Waals surface area contributed by atoms with Crippen LogP contribution in [0, 0.1) is 5.41 Å². The standard InChI is InChI=1S/C25H33N3O4/c1-24(2)14-25(15-32-24)9-7-18(8-10-25)26-12-16-3-4-19-17(11-16)13-28(23(19)31)20-5-6-21(29)27-22(20)30/h3-4,11,18,20,26H,5-10,12-15H2,1-2H3,(H,27,29,30)/t18-,20?,25+. The highest BCUT2D eigenvalue weighted by molar-refractivity contribution is 6.05. The molecule has 1 spiro atoms. The van der Waals surface area contributed by atoms with E-state index in [0.717, 1.165) is 30.7 Å². The summed E-state index contributed by atoms with van der Waals surface area (Å²) in [5.74, 6) is -0.745. The summed E-state index contributed by atoms with van der Waals surface area (Å²) in [5, 5.41) is 6.07. The molecule has 3 fully saturated rings. The zero-order valence-electron chi connectivity index (χ0n) is 19.0. The zero-order chi connectivity index (χ0) is 22.5. The maximum atomic E-state index is 12.8. The van der Waals surface area contributed by atoms with Crippen molar-refractivity contribution in [2.45, 2.75) is 89.6 Å². The Kier molecular flexibility index (Phi) is 5.37. The van der Waals surface area contributed by atoms with E-state index in [0.29, 0.717) is 30.0 Å². The largest absolute Gasteiger partial charge is 0.375 e. The van der Waals surface area contributed by atoms with Crippen molar-refractivity contribution in [1.82, 2.24) is 15.5 Å². The third kappa shape index (κ3) is 4.08. The van der Waals surface area contributed by atoms with Gasteiger partial charge >= 0.3 is 0 Å². The zero-order valence-corrected chi connectivity index (χ0v) is 19.0. The minimum atomic E-state index is -0.562. The molecule has 0 radical (unpaired) electrons. The SMILES string of the molecule is CC1(C)C[C@]2(CC[C@H](NCc3ccc4c(c3)CN(C3CCC(=O)NC3=O)C4=O)CC2)CO1. The number of rotatable bonds is 4. The molecule has 3 heterocycles. The molecule has 32 heavy (non-hydrogen) atoms. The van der Waals surface area contributed by atoms with E-state index in [2.05, 4.69) is 30.5 Å². The molecule has 1 aromatic rings.